The summed E-state index contributed by atoms with van der Waals surface area (Å²) in [6, 6.07) is 7.49. The number of halogens is 1. The zero-order chi connectivity index (χ0) is 14.3. The minimum absolute atomic E-state index is 0.193. The summed E-state index contributed by atoms with van der Waals surface area (Å²) in [5.74, 6) is 0.193. The van der Waals surface area contributed by atoms with Gasteiger partial charge in [0.15, 0.2) is 9.84 Å². The summed E-state index contributed by atoms with van der Waals surface area (Å²) in [4.78, 5) is 6.43. The van der Waals surface area contributed by atoms with Gasteiger partial charge in [0.1, 0.15) is 0 Å². The van der Waals surface area contributed by atoms with E-state index in [1.165, 1.54) is 0 Å². The van der Waals surface area contributed by atoms with E-state index in [0.29, 0.717) is 18.1 Å². The number of benzene rings is 1. The largest absolute Gasteiger partial charge is 0.369 e. The minimum Gasteiger partial charge on any atom is -0.369 e. The van der Waals surface area contributed by atoms with Gasteiger partial charge in [-0.25, -0.2) is 8.42 Å². The van der Waals surface area contributed by atoms with Crippen LogP contribution in [0.15, 0.2) is 30.5 Å². The highest BCUT2D eigenvalue weighted by molar-refractivity contribution is 7.92. The van der Waals surface area contributed by atoms with Crippen molar-refractivity contribution in [2.45, 2.75) is 12.2 Å². The third-order valence-electron chi connectivity index (χ3n) is 3.76. The van der Waals surface area contributed by atoms with E-state index in [9.17, 15) is 8.42 Å². The minimum atomic E-state index is -2.95. The number of sulfone groups is 1. The average Bonchev–Trinajstić information content (AvgIpc) is 2.41. The zero-order valence-corrected chi connectivity index (χ0v) is 12.7. The molecular formula is C14H15ClN2O2S. The first-order valence-corrected chi connectivity index (χ1v) is 8.57. The van der Waals surface area contributed by atoms with Crippen molar-refractivity contribution in [2.24, 2.45) is 0 Å². The molecule has 0 bridgehead atoms. The summed E-state index contributed by atoms with van der Waals surface area (Å²) in [7, 11) is -2.95. The van der Waals surface area contributed by atoms with Gasteiger partial charge in [0, 0.05) is 35.4 Å². The molecule has 2 aromatic rings. The van der Waals surface area contributed by atoms with Gasteiger partial charge in [0.25, 0.3) is 0 Å². The molecule has 6 heteroatoms. The monoisotopic (exact) mass is 310 g/mol. The van der Waals surface area contributed by atoms with Crippen molar-refractivity contribution < 1.29 is 8.42 Å². The lowest BCUT2D eigenvalue weighted by atomic mass is 10.1. The van der Waals surface area contributed by atoms with E-state index in [4.69, 9.17) is 11.6 Å². The average molecular weight is 311 g/mol. The first-order valence-electron chi connectivity index (χ1n) is 6.48. The van der Waals surface area contributed by atoms with Crippen molar-refractivity contribution in [2.75, 3.05) is 23.7 Å². The van der Waals surface area contributed by atoms with Crippen LogP contribution in [0.25, 0.3) is 10.9 Å². The summed E-state index contributed by atoms with van der Waals surface area (Å²) in [5, 5.41) is 1.27. The Morgan fingerprint density at radius 3 is 2.90 bits per heavy atom. The van der Waals surface area contributed by atoms with Crippen LogP contribution < -0.4 is 4.90 Å². The molecule has 1 aromatic carbocycles. The smallest absolute Gasteiger partial charge is 0.156 e. The van der Waals surface area contributed by atoms with Crippen molar-refractivity contribution >= 4 is 38.0 Å². The third-order valence-corrected chi connectivity index (χ3v) is 6.12. The highest BCUT2D eigenvalue weighted by Gasteiger charge is 2.30. The maximum absolute atomic E-state index is 11.8. The van der Waals surface area contributed by atoms with E-state index in [1.54, 1.807) is 13.1 Å². The van der Waals surface area contributed by atoms with Crippen molar-refractivity contribution in [3.63, 3.8) is 0 Å². The molecule has 1 aromatic heterocycles. The molecule has 20 heavy (non-hydrogen) atoms. The maximum Gasteiger partial charge on any atom is 0.156 e. The number of hydrogen-bond acceptors (Lipinski definition) is 4. The van der Waals surface area contributed by atoms with Crippen LogP contribution >= 0.6 is 11.6 Å². The second-order valence-electron chi connectivity index (χ2n) is 5.12. The maximum atomic E-state index is 11.8. The summed E-state index contributed by atoms with van der Waals surface area (Å²) >= 11 is 6.06. The normalized spacial score (nSPS) is 22.1. The van der Waals surface area contributed by atoms with Gasteiger partial charge in [-0.05, 0) is 31.2 Å². The van der Waals surface area contributed by atoms with Crippen molar-refractivity contribution in [3.05, 3.63) is 35.5 Å². The molecule has 1 aliphatic rings. The Bertz CT molecular complexity index is 761. The van der Waals surface area contributed by atoms with Gasteiger partial charge in [0.2, 0.25) is 0 Å². The molecule has 1 aliphatic heterocycles. The quantitative estimate of drug-likeness (QED) is 0.812. The molecule has 0 aliphatic carbocycles. The lowest BCUT2D eigenvalue weighted by Crippen LogP contribution is -2.45. The molecule has 0 amide bonds. The molecule has 1 atom stereocenters. The van der Waals surface area contributed by atoms with Gasteiger partial charge in [-0.3, -0.25) is 4.98 Å². The van der Waals surface area contributed by atoms with Crippen LogP contribution in [-0.2, 0) is 9.84 Å². The predicted molar refractivity (Wildman–Crippen MR) is 82.2 cm³/mol. The van der Waals surface area contributed by atoms with Gasteiger partial charge >= 0.3 is 0 Å². The predicted octanol–water partition coefficient (Wildman–Crippen LogP) is 2.51. The van der Waals surface area contributed by atoms with Crippen LogP contribution in [0, 0.1) is 0 Å². The lowest BCUT2D eigenvalue weighted by molar-refractivity contribution is 0.569. The van der Waals surface area contributed by atoms with E-state index in [1.807, 2.05) is 24.3 Å². The first kappa shape index (κ1) is 13.6. The van der Waals surface area contributed by atoms with E-state index in [0.717, 1.165) is 16.6 Å². The Labute approximate surface area is 123 Å². The molecule has 1 fully saturated rings. The second-order valence-corrected chi connectivity index (χ2v) is 8.09. The molecule has 1 saturated heterocycles. The molecule has 1 unspecified atom stereocenters. The Morgan fingerprint density at radius 1 is 1.35 bits per heavy atom. The van der Waals surface area contributed by atoms with E-state index < -0.39 is 9.84 Å². The fraction of sp³-hybridized carbons (Fsp3) is 0.357. The second kappa shape index (κ2) is 4.90. The van der Waals surface area contributed by atoms with E-state index in [-0.39, 0.29) is 11.0 Å². The molecule has 0 radical (unpaired) electrons. The van der Waals surface area contributed by atoms with Gasteiger partial charge in [-0.1, -0.05) is 11.6 Å². The van der Waals surface area contributed by atoms with Gasteiger partial charge in [0.05, 0.1) is 16.5 Å². The molecule has 0 spiro atoms. The van der Waals surface area contributed by atoms with Gasteiger partial charge in [-0.15, -0.1) is 0 Å². The van der Waals surface area contributed by atoms with Crippen LogP contribution in [0.3, 0.4) is 0 Å². The van der Waals surface area contributed by atoms with Crippen LogP contribution in [-0.4, -0.2) is 37.5 Å². The highest BCUT2D eigenvalue weighted by Crippen LogP contribution is 2.29. The number of pyridine rings is 1. The third kappa shape index (κ3) is 2.36. The van der Waals surface area contributed by atoms with Crippen LogP contribution in [0.5, 0.6) is 0 Å². The molecule has 4 nitrogen and oxygen atoms in total. The highest BCUT2D eigenvalue weighted by atomic mass is 35.5. The Kier molecular flexibility index (Phi) is 3.34. The number of hydrogen-bond donors (Lipinski definition) is 0. The fourth-order valence-corrected chi connectivity index (χ4v) is 4.01. The van der Waals surface area contributed by atoms with Gasteiger partial charge < -0.3 is 4.90 Å². The molecule has 2 heterocycles. The van der Waals surface area contributed by atoms with Crippen molar-refractivity contribution in [3.8, 4) is 0 Å². The topological polar surface area (TPSA) is 50.3 Å². The van der Waals surface area contributed by atoms with E-state index in [2.05, 4.69) is 9.88 Å². The number of aromatic nitrogens is 1. The summed E-state index contributed by atoms with van der Waals surface area (Å²) in [5.41, 5.74) is 1.87. The summed E-state index contributed by atoms with van der Waals surface area (Å²) in [6.07, 6.45) is 1.75. The Balaban J connectivity index is 2.05. The standard InChI is InChI=1S/C14H15ClN2O2S/c1-10-9-17(6-7-20(10,18)19)14-4-5-16-13-3-2-11(15)8-12(13)14/h2-5,8,10H,6-7,9H2,1H3. The molecular weight excluding hydrogens is 296 g/mol. The Hall–Kier alpha value is -1.33. The first-order chi connectivity index (χ1) is 9.47. The molecule has 0 N–H and O–H groups in total. The number of nitrogens with zero attached hydrogens (tertiary/aromatic N) is 2. The Morgan fingerprint density at radius 2 is 2.15 bits per heavy atom. The summed E-state index contributed by atoms with van der Waals surface area (Å²) in [6.45, 7) is 2.78. The molecule has 106 valence electrons. The molecule has 0 saturated carbocycles. The lowest BCUT2D eigenvalue weighted by Gasteiger charge is -2.33. The van der Waals surface area contributed by atoms with Crippen LogP contribution in [0.1, 0.15) is 6.92 Å². The number of anilines is 1. The van der Waals surface area contributed by atoms with Crippen molar-refractivity contribution in [1.82, 2.24) is 4.98 Å². The SMILES string of the molecule is CC1CN(c2ccnc3ccc(Cl)cc23)CCS1(=O)=O. The van der Waals surface area contributed by atoms with Crippen LogP contribution in [0.4, 0.5) is 5.69 Å². The zero-order valence-electron chi connectivity index (χ0n) is 11.1. The number of fused-ring (bicyclic) bond motifs is 1. The van der Waals surface area contributed by atoms with Crippen molar-refractivity contribution in [1.29, 1.82) is 0 Å². The summed E-state index contributed by atoms with van der Waals surface area (Å²) < 4.78 is 23.6. The number of rotatable bonds is 1. The van der Waals surface area contributed by atoms with Gasteiger partial charge in [-0.2, -0.15) is 0 Å². The fourth-order valence-electron chi connectivity index (χ4n) is 2.55. The van der Waals surface area contributed by atoms with E-state index >= 15 is 0 Å². The van der Waals surface area contributed by atoms with Crippen LogP contribution in [0.2, 0.25) is 5.02 Å². The molecule has 3 rings (SSSR count).